The summed E-state index contributed by atoms with van der Waals surface area (Å²) >= 11 is 1.90. The van der Waals surface area contributed by atoms with Gasteiger partial charge in [-0.2, -0.15) is 0 Å². The van der Waals surface area contributed by atoms with E-state index in [9.17, 15) is 0 Å². The second-order valence-electron chi connectivity index (χ2n) is 10.5. The summed E-state index contributed by atoms with van der Waals surface area (Å²) < 4.78 is 5.43. The van der Waals surface area contributed by atoms with Crippen molar-refractivity contribution in [3.8, 4) is 5.75 Å². The molecule has 5 nitrogen and oxygen atoms in total. The highest BCUT2D eigenvalue weighted by Gasteiger charge is 2.29. The van der Waals surface area contributed by atoms with Crippen LogP contribution in [0.4, 0.5) is 17.2 Å². The molecule has 204 valence electrons. The zero-order valence-corrected chi connectivity index (χ0v) is 23.9. The Bertz CT molecular complexity index is 1700. The van der Waals surface area contributed by atoms with E-state index in [0.717, 1.165) is 66.6 Å². The SMILES string of the molecule is COc1ccc(C2=Nc3ccccc3SC(c3cc4ccccc4nc3N3CCN(c4ccccc4)CC3)C2)cc1. The van der Waals surface area contributed by atoms with Gasteiger partial charge in [-0.3, -0.25) is 4.99 Å². The van der Waals surface area contributed by atoms with Crippen LogP contribution >= 0.6 is 11.8 Å². The fourth-order valence-electron chi connectivity index (χ4n) is 5.78. The summed E-state index contributed by atoms with van der Waals surface area (Å²) in [5.41, 5.74) is 6.84. The zero-order valence-electron chi connectivity index (χ0n) is 23.1. The number of thioether (sulfide) groups is 1. The topological polar surface area (TPSA) is 41.0 Å². The maximum Gasteiger partial charge on any atom is 0.133 e. The fourth-order valence-corrected chi connectivity index (χ4v) is 7.02. The Labute approximate surface area is 245 Å². The van der Waals surface area contributed by atoms with Gasteiger partial charge in [0.15, 0.2) is 0 Å². The van der Waals surface area contributed by atoms with E-state index >= 15 is 0 Å². The standard InChI is InChI=1S/C35H32N4OS/c1-40-28-17-15-25(16-18-28)32-24-34(41-33-14-8-7-13-31(33)36-32)29-23-26-9-5-6-12-30(26)37-35(29)39-21-19-38(20-22-39)27-10-3-2-4-11-27/h2-18,23,34H,19-22,24H2,1H3. The van der Waals surface area contributed by atoms with E-state index in [1.165, 1.54) is 21.5 Å². The van der Waals surface area contributed by atoms with Crippen molar-refractivity contribution in [3.63, 3.8) is 0 Å². The van der Waals surface area contributed by atoms with Gasteiger partial charge in [0, 0.05) is 65.1 Å². The molecule has 1 unspecified atom stereocenters. The van der Waals surface area contributed by atoms with Crippen LogP contribution in [0.2, 0.25) is 0 Å². The summed E-state index contributed by atoms with van der Waals surface area (Å²) in [7, 11) is 1.70. The van der Waals surface area contributed by atoms with Crippen molar-refractivity contribution in [2.75, 3.05) is 43.1 Å². The second kappa shape index (κ2) is 11.3. The molecule has 7 rings (SSSR count). The van der Waals surface area contributed by atoms with Crippen LogP contribution in [0, 0.1) is 0 Å². The van der Waals surface area contributed by atoms with Gasteiger partial charge in [-0.1, -0.05) is 48.5 Å². The molecule has 0 N–H and O–H groups in total. The Morgan fingerprint density at radius 2 is 1.46 bits per heavy atom. The number of hydrogen-bond donors (Lipinski definition) is 0. The molecular formula is C35H32N4OS. The number of nitrogens with zero attached hydrogens (tertiary/aromatic N) is 4. The van der Waals surface area contributed by atoms with Gasteiger partial charge >= 0.3 is 0 Å². The van der Waals surface area contributed by atoms with Crippen LogP contribution in [0.1, 0.15) is 22.8 Å². The third-order valence-corrected chi connectivity index (χ3v) is 9.28. The Morgan fingerprint density at radius 3 is 2.27 bits per heavy atom. The van der Waals surface area contributed by atoms with Gasteiger partial charge in [-0.05, 0) is 66.2 Å². The lowest BCUT2D eigenvalue weighted by molar-refractivity contribution is 0.415. The first-order valence-corrected chi connectivity index (χ1v) is 15.1. The Kier molecular flexibility index (Phi) is 7.07. The van der Waals surface area contributed by atoms with Gasteiger partial charge in [0.25, 0.3) is 0 Å². The molecule has 5 aromatic rings. The summed E-state index contributed by atoms with van der Waals surface area (Å²) in [5, 5.41) is 1.34. The number of anilines is 2. The molecule has 1 fully saturated rings. The summed E-state index contributed by atoms with van der Waals surface area (Å²) in [6.07, 6.45) is 0.808. The summed E-state index contributed by atoms with van der Waals surface area (Å²) in [6, 6.07) is 38.4. The smallest absolute Gasteiger partial charge is 0.133 e. The number of aliphatic imine (C=N–C) groups is 1. The number of rotatable bonds is 5. The highest BCUT2D eigenvalue weighted by molar-refractivity contribution is 7.99. The molecular weight excluding hydrogens is 524 g/mol. The van der Waals surface area contributed by atoms with Crippen molar-refractivity contribution in [2.45, 2.75) is 16.6 Å². The highest BCUT2D eigenvalue weighted by Crippen LogP contribution is 2.48. The van der Waals surface area contributed by atoms with Crippen molar-refractivity contribution in [1.29, 1.82) is 0 Å². The number of methoxy groups -OCH3 is 1. The molecule has 41 heavy (non-hydrogen) atoms. The number of pyridine rings is 1. The molecule has 0 spiro atoms. The first-order chi connectivity index (χ1) is 20.2. The largest absolute Gasteiger partial charge is 0.497 e. The lowest BCUT2D eigenvalue weighted by atomic mass is 9.99. The van der Waals surface area contributed by atoms with Crippen LogP contribution in [0.3, 0.4) is 0 Å². The Balaban J connectivity index is 1.28. The molecule has 1 saturated heterocycles. The molecule has 3 heterocycles. The van der Waals surface area contributed by atoms with Crippen LogP contribution in [0.25, 0.3) is 10.9 Å². The minimum absolute atomic E-state index is 0.166. The number of para-hydroxylation sites is 3. The summed E-state index contributed by atoms with van der Waals surface area (Å²) in [6.45, 7) is 3.80. The van der Waals surface area contributed by atoms with Gasteiger partial charge in [-0.25, -0.2) is 4.98 Å². The number of fused-ring (bicyclic) bond motifs is 2. The monoisotopic (exact) mass is 556 g/mol. The van der Waals surface area contributed by atoms with Gasteiger partial charge in [0.05, 0.1) is 18.3 Å². The van der Waals surface area contributed by atoms with Gasteiger partial charge in [0.2, 0.25) is 0 Å². The average Bonchev–Trinajstić information content (AvgIpc) is 3.25. The van der Waals surface area contributed by atoms with E-state index < -0.39 is 0 Å². The second-order valence-corrected chi connectivity index (χ2v) is 11.7. The van der Waals surface area contributed by atoms with E-state index in [1.54, 1.807) is 7.11 Å². The molecule has 1 aromatic heterocycles. The maximum absolute atomic E-state index is 5.43. The number of aromatic nitrogens is 1. The molecule has 0 radical (unpaired) electrons. The highest BCUT2D eigenvalue weighted by atomic mass is 32.2. The minimum atomic E-state index is 0.166. The van der Waals surface area contributed by atoms with Crippen LogP contribution < -0.4 is 14.5 Å². The molecule has 2 aliphatic heterocycles. The molecule has 1 atom stereocenters. The van der Waals surface area contributed by atoms with Crippen molar-refractivity contribution < 1.29 is 4.74 Å². The molecule has 6 heteroatoms. The van der Waals surface area contributed by atoms with E-state index in [0.29, 0.717) is 0 Å². The zero-order chi connectivity index (χ0) is 27.6. The van der Waals surface area contributed by atoms with E-state index in [2.05, 4.69) is 107 Å². The van der Waals surface area contributed by atoms with E-state index in [1.807, 2.05) is 23.9 Å². The molecule has 0 bridgehead atoms. The predicted octanol–water partition coefficient (Wildman–Crippen LogP) is 7.93. The van der Waals surface area contributed by atoms with E-state index in [4.69, 9.17) is 14.7 Å². The number of benzene rings is 4. The third kappa shape index (κ3) is 5.27. The number of piperazine rings is 1. The first kappa shape index (κ1) is 25.7. The normalized spacial score (nSPS) is 17.1. The van der Waals surface area contributed by atoms with Crippen molar-refractivity contribution in [3.05, 3.63) is 120 Å². The van der Waals surface area contributed by atoms with Gasteiger partial charge < -0.3 is 14.5 Å². The Morgan fingerprint density at radius 1 is 0.756 bits per heavy atom. The molecule has 4 aromatic carbocycles. The van der Waals surface area contributed by atoms with Crippen LogP contribution in [0.5, 0.6) is 5.75 Å². The van der Waals surface area contributed by atoms with Crippen LogP contribution in [-0.2, 0) is 0 Å². The lowest BCUT2D eigenvalue weighted by Crippen LogP contribution is -2.47. The average molecular weight is 557 g/mol. The maximum atomic E-state index is 5.43. The quantitative estimate of drug-likeness (QED) is 0.220. The fraction of sp³-hybridized carbons (Fsp3) is 0.200. The van der Waals surface area contributed by atoms with Crippen molar-refractivity contribution in [1.82, 2.24) is 4.98 Å². The lowest BCUT2D eigenvalue weighted by Gasteiger charge is -2.38. The van der Waals surface area contributed by atoms with Crippen molar-refractivity contribution in [2.24, 2.45) is 4.99 Å². The minimum Gasteiger partial charge on any atom is -0.497 e. The predicted molar refractivity (Wildman–Crippen MR) is 171 cm³/mol. The Hall–Kier alpha value is -4.29. The molecule has 0 aliphatic carbocycles. The molecule has 2 aliphatic rings. The first-order valence-electron chi connectivity index (χ1n) is 14.2. The van der Waals surface area contributed by atoms with Gasteiger partial charge in [0.1, 0.15) is 11.6 Å². The molecule has 0 saturated carbocycles. The summed E-state index contributed by atoms with van der Waals surface area (Å²) in [4.78, 5) is 16.7. The number of ether oxygens (including phenoxy) is 1. The van der Waals surface area contributed by atoms with Gasteiger partial charge in [-0.15, -0.1) is 11.8 Å². The van der Waals surface area contributed by atoms with Crippen LogP contribution in [0.15, 0.2) is 119 Å². The van der Waals surface area contributed by atoms with Crippen LogP contribution in [-0.4, -0.2) is 44.0 Å². The molecule has 0 amide bonds. The third-order valence-electron chi connectivity index (χ3n) is 7.97. The summed E-state index contributed by atoms with van der Waals surface area (Å²) in [5.74, 6) is 1.95. The van der Waals surface area contributed by atoms with Crippen molar-refractivity contribution >= 4 is 45.6 Å². The number of hydrogen-bond acceptors (Lipinski definition) is 6. The van der Waals surface area contributed by atoms with E-state index in [-0.39, 0.29) is 5.25 Å².